The van der Waals surface area contributed by atoms with Crippen molar-refractivity contribution in [1.82, 2.24) is 4.90 Å². The molecule has 1 aromatic heterocycles. The van der Waals surface area contributed by atoms with Gasteiger partial charge in [0.15, 0.2) is 0 Å². The molecule has 2 unspecified atom stereocenters. The van der Waals surface area contributed by atoms with Crippen LogP contribution in [-0.4, -0.2) is 49.0 Å². The van der Waals surface area contributed by atoms with Gasteiger partial charge in [0.25, 0.3) is 0 Å². The molecule has 4 heteroatoms. The highest BCUT2D eigenvalue weighted by Gasteiger charge is 2.25. The predicted molar refractivity (Wildman–Crippen MR) is 61.3 cm³/mol. The van der Waals surface area contributed by atoms with Crippen LogP contribution in [0.1, 0.15) is 4.88 Å². The third kappa shape index (κ3) is 3.01. The van der Waals surface area contributed by atoms with E-state index in [1.807, 2.05) is 11.4 Å². The zero-order valence-electron chi connectivity index (χ0n) is 8.93. The minimum atomic E-state index is -0.383. The van der Waals surface area contributed by atoms with Crippen LogP contribution in [0.5, 0.6) is 0 Å². The third-order valence-electron chi connectivity index (χ3n) is 2.72. The molecular weight excluding hydrogens is 210 g/mol. The maximum Gasteiger partial charge on any atom is 0.0964 e. The van der Waals surface area contributed by atoms with Gasteiger partial charge in [-0.1, -0.05) is 6.07 Å². The van der Waals surface area contributed by atoms with E-state index in [1.54, 1.807) is 11.3 Å². The Balaban J connectivity index is 1.87. The van der Waals surface area contributed by atoms with Gasteiger partial charge in [-0.25, -0.2) is 0 Å². The van der Waals surface area contributed by atoms with E-state index in [-0.39, 0.29) is 12.2 Å². The minimum absolute atomic E-state index is 0.0363. The lowest BCUT2D eigenvalue weighted by Gasteiger charge is -2.32. The van der Waals surface area contributed by atoms with E-state index < -0.39 is 0 Å². The van der Waals surface area contributed by atoms with Crippen LogP contribution in [0.4, 0.5) is 0 Å². The van der Waals surface area contributed by atoms with E-state index in [2.05, 4.69) is 18.0 Å². The Labute approximate surface area is 94.3 Å². The summed E-state index contributed by atoms with van der Waals surface area (Å²) in [4.78, 5) is 3.42. The molecule has 0 saturated carbocycles. The normalized spacial score (nSPS) is 25.3. The Morgan fingerprint density at radius 3 is 3.27 bits per heavy atom. The molecule has 15 heavy (non-hydrogen) atoms. The smallest absolute Gasteiger partial charge is 0.0964 e. The maximum absolute atomic E-state index is 10.0. The highest BCUT2D eigenvalue weighted by molar-refractivity contribution is 7.09. The van der Waals surface area contributed by atoms with Gasteiger partial charge in [0.2, 0.25) is 0 Å². The Morgan fingerprint density at radius 1 is 1.73 bits per heavy atom. The van der Waals surface area contributed by atoms with Crippen molar-refractivity contribution in [2.75, 3.05) is 26.7 Å². The number of thiophene rings is 1. The van der Waals surface area contributed by atoms with Crippen molar-refractivity contribution < 1.29 is 9.84 Å². The highest BCUT2D eigenvalue weighted by Crippen LogP contribution is 2.16. The second kappa shape index (κ2) is 5.07. The molecule has 0 aromatic carbocycles. The van der Waals surface area contributed by atoms with Crippen molar-refractivity contribution in [3.8, 4) is 0 Å². The second-order valence-corrected chi connectivity index (χ2v) is 5.05. The summed E-state index contributed by atoms with van der Waals surface area (Å²) < 4.78 is 5.57. The van der Waals surface area contributed by atoms with Gasteiger partial charge >= 0.3 is 0 Å². The number of likely N-dealkylation sites (N-methyl/N-ethyl adjacent to an activating group) is 1. The van der Waals surface area contributed by atoms with Gasteiger partial charge in [-0.2, -0.15) is 0 Å². The summed E-state index contributed by atoms with van der Waals surface area (Å²) in [7, 11) is 2.06. The molecule has 1 aliphatic rings. The topological polar surface area (TPSA) is 32.7 Å². The molecule has 3 nitrogen and oxygen atoms in total. The fourth-order valence-electron chi connectivity index (χ4n) is 1.81. The molecule has 1 saturated heterocycles. The first-order chi connectivity index (χ1) is 7.25. The first-order valence-electron chi connectivity index (χ1n) is 5.26. The number of aliphatic hydroxyl groups is 1. The average Bonchev–Trinajstić information content (AvgIpc) is 2.70. The number of ether oxygens (including phenoxy) is 1. The van der Waals surface area contributed by atoms with Gasteiger partial charge in [0.1, 0.15) is 0 Å². The molecule has 1 N–H and O–H groups in total. The summed E-state index contributed by atoms with van der Waals surface area (Å²) in [6, 6.07) is 4.07. The number of nitrogens with zero attached hydrogens (tertiary/aromatic N) is 1. The SMILES string of the molecule is CN1CCOC(C(O)Cc2cccs2)C1. The van der Waals surface area contributed by atoms with Crippen LogP contribution in [0.15, 0.2) is 17.5 Å². The number of hydrogen-bond donors (Lipinski definition) is 1. The van der Waals surface area contributed by atoms with Crippen molar-refractivity contribution in [3.05, 3.63) is 22.4 Å². The van der Waals surface area contributed by atoms with E-state index >= 15 is 0 Å². The van der Waals surface area contributed by atoms with Gasteiger partial charge in [0, 0.05) is 24.4 Å². The van der Waals surface area contributed by atoms with Gasteiger partial charge in [-0.3, -0.25) is 0 Å². The highest BCUT2D eigenvalue weighted by atomic mass is 32.1. The summed E-state index contributed by atoms with van der Waals surface area (Å²) in [5.41, 5.74) is 0. The summed E-state index contributed by atoms with van der Waals surface area (Å²) in [6.45, 7) is 2.51. The third-order valence-corrected chi connectivity index (χ3v) is 3.61. The molecule has 2 rings (SSSR count). The number of morpholine rings is 1. The van der Waals surface area contributed by atoms with Crippen molar-refractivity contribution >= 4 is 11.3 Å². The summed E-state index contributed by atoms with van der Waals surface area (Å²) in [5.74, 6) is 0. The van der Waals surface area contributed by atoms with Crippen LogP contribution >= 0.6 is 11.3 Å². The first kappa shape index (κ1) is 11.1. The fraction of sp³-hybridized carbons (Fsp3) is 0.636. The zero-order chi connectivity index (χ0) is 10.7. The van der Waals surface area contributed by atoms with Gasteiger partial charge in [-0.05, 0) is 18.5 Å². The Bertz CT molecular complexity index is 289. The summed E-state index contributed by atoms with van der Waals surface area (Å²) in [5, 5.41) is 12.1. The molecule has 0 radical (unpaired) electrons. The minimum Gasteiger partial charge on any atom is -0.390 e. The zero-order valence-corrected chi connectivity index (χ0v) is 9.74. The van der Waals surface area contributed by atoms with Crippen LogP contribution in [0, 0.1) is 0 Å². The van der Waals surface area contributed by atoms with E-state index in [0.29, 0.717) is 6.42 Å². The molecule has 0 bridgehead atoms. The monoisotopic (exact) mass is 227 g/mol. The van der Waals surface area contributed by atoms with Crippen LogP contribution in [0.2, 0.25) is 0 Å². The molecule has 2 heterocycles. The van der Waals surface area contributed by atoms with E-state index in [1.165, 1.54) is 4.88 Å². The summed E-state index contributed by atoms with van der Waals surface area (Å²) >= 11 is 1.69. The van der Waals surface area contributed by atoms with E-state index in [4.69, 9.17) is 4.74 Å². The first-order valence-corrected chi connectivity index (χ1v) is 6.14. The van der Waals surface area contributed by atoms with E-state index in [9.17, 15) is 5.11 Å². The number of rotatable bonds is 3. The molecule has 0 aliphatic carbocycles. The largest absolute Gasteiger partial charge is 0.390 e. The quantitative estimate of drug-likeness (QED) is 0.835. The Morgan fingerprint density at radius 2 is 2.60 bits per heavy atom. The lowest BCUT2D eigenvalue weighted by atomic mass is 10.1. The number of hydrogen-bond acceptors (Lipinski definition) is 4. The average molecular weight is 227 g/mol. The Hall–Kier alpha value is -0.420. The molecule has 2 atom stereocenters. The van der Waals surface area contributed by atoms with Gasteiger partial charge in [0.05, 0.1) is 18.8 Å². The molecule has 0 amide bonds. The molecule has 1 aromatic rings. The molecule has 0 spiro atoms. The molecular formula is C11H17NO2S. The summed E-state index contributed by atoms with van der Waals surface area (Å²) in [6.07, 6.45) is 0.285. The van der Waals surface area contributed by atoms with Crippen LogP contribution in [0.3, 0.4) is 0 Å². The van der Waals surface area contributed by atoms with Crippen LogP contribution < -0.4 is 0 Å². The van der Waals surface area contributed by atoms with Crippen LogP contribution in [0.25, 0.3) is 0 Å². The second-order valence-electron chi connectivity index (χ2n) is 4.02. The lowest BCUT2D eigenvalue weighted by molar-refractivity contribution is -0.0821. The van der Waals surface area contributed by atoms with Crippen molar-refractivity contribution in [1.29, 1.82) is 0 Å². The molecule has 1 aliphatic heterocycles. The van der Waals surface area contributed by atoms with Gasteiger partial charge in [-0.15, -0.1) is 11.3 Å². The Kier molecular flexibility index (Phi) is 3.75. The van der Waals surface area contributed by atoms with Gasteiger partial charge < -0.3 is 14.7 Å². The maximum atomic E-state index is 10.0. The van der Waals surface area contributed by atoms with Crippen molar-refractivity contribution in [3.63, 3.8) is 0 Å². The van der Waals surface area contributed by atoms with Crippen LogP contribution in [-0.2, 0) is 11.2 Å². The predicted octanol–water partition coefficient (Wildman–Crippen LogP) is 0.982. The molecule has 84 valence electrons. The number of aliphatic hydroxyl groups excluding tert-OH is 1. The molecule has 1 fully saturated rings. The standard InChI is InChI=1S/C11H17NO2S/c1-12-4-5-14-11(8-12)10(13)7-9-3-2-6-15-9/h2-3,6,10-11,13H,4-5,7-8H2,1H3. The van der Waals surface area contributed by atoms with E-state index in [0.717, 1.165) is 19.7 Å². The van der Waals surface area contributed by atoms with Crippen molar-refractivity contribution in [2.24, 2.45) is 0 Å². The van der Waals surface area contributed by atoms with Crippen molar-refractivity contribution in [2.45, 2.75) is 18.6 Å². The lowest BCUT2D eigenvalue weighted by Crippen LogP contribution is -2.46. The fourth-order valence-corrected chi connectivity index (χ4v) is 2.57.